The standard InChI is InChI=1S/C16H30N2O/c1-3-18-9-6-13(7-10-18)12(2)17-15-8-11-19-16(15)14-4-5-14/h12-17H,3-11H2,1-2H3. The summed E-state index contributed by atoms with van der Waals surface area (Å²) in [5.74, 6) is 1.73. The molecule has 2 aliphatic heterocycles. The van der Waals surface area contributed by atoms with E-state index in [9.17, 15) is 0 Å². The molecule has 0 radical (unpaired) electrons. The van der Waals surface area contributed by atoms with E-state index in [0.717, 1.165) is 18.4 Å². The molecule has 0 amide bonds. The van der Waals surface area contributed by atoms with Gasteiger partial charge in [-0.2, -0.15) is 0 Å². The molecule has 0 aromatic carbocycles. The van der Waals surface area contributed by atoms with Gasteiger partial charge >= 0.3 is 0 Å². The Hall–Kier alpha value is -0.120. The number of piperidine rings is 1. The van der Waals surface area contributed by atoms with Gasteiger partial charge in [0.2, 0.25) is 0 Å². The van der Waals surface area contributed by atoms with E-state index in [0.29, 0.717) is 18.2 Å². The van der Waals surface area contributed by atoms with Crippen LogP contribution in [0.5, 0.6) is 0 Å². The first-order valence-electron chi connectivity index (χ1n) is 8.38. The summed E-state index contributed by atoms with van der Waals surface area (Å²) in [5.41, 5.74) is 0. The molecule has 3 unspecified atom stereocenters. The molecular formula is C16H30N2O. The molecule has 0 spiro atoms. The second kappa shape index (κ2) is 6.11. The maximum Gasteiger partial charge on any atom is 0.0757 e. The van der Waals surface area contributed by atoms with Crippen molar-refractivity contribution in [2.24, 2.45) is 11.8 Å². The minimum Gasteiger partial charge on any atom is -0.376 e. The highest BCUT2D eigenvalue weighted by molar-refractivity contribution is 4.95. The Labute approximate surface area is 118 Å². The Morgan fingerprint density at radius 3 is 2.53 bits per heavy atom. The molecule has 3 atom stereocenters. The smallest absolute Gasteiger partial charge is 0.0757 e. The zero-order valence-corrected chi connectivity index (χ0v) is 12.6. The van der Waals surface area contributed by atoms with Crippen molar-refractivity contribution >= 4 is 0 Å². The number of hydrogen-bond acceptors (Lipinski definition) is 3. The quantitative estimate of drug-likeness (QED) is 0.826. The average Bonchev–Trinajstić information content (AvgIpc) is 3.19. The molecule has 0 bridgehead atoms. The number of hydrogen-bond donors (Lipinski definition) is 1. The summed E-state index contributed by atoms with van der Waals surface area (Å²) in [6.45, 7) is 9.45. The van der Waals surface area contributed by atoms with Crippen molar-refractivity contribution in [2.45, 2.75) is 64.1 Å². The Morgan fingerprint density at radius 2 is 1.89 bits per heavy atom. The monoisotopic (exact) mass is 266 g/mol. The van der Waals surface area contributed by atoms with Crippen LogP contribution >= 0.6 is 0 Å². The van der Waals surface area contributed by atoms with Gasteiger partial charge in [-0.05, 0) is 70.5 Å². The van der Waals surface area contributed by atoms with Gasteiger partial charge in [0.05, 0.1) is 6.10 Å². The lowest BCUT2D eigenvalue weighted by Crippen LogP contribution is -2.48. The summed E-state index contributed by atoms with van der Waals surface area (Å²) < 4.78 is 5.94. The van der Waals surface area contributed by atoms with Gasteiger partial charge < -0.3 is 15.0 Å². The normalized spacial score (nSPS) is 35.7. The Morgan fingerprint density at radius 1 is 1.16 bits per heavy atom. The van der Waals surface area contributed by atoms with Crippen molar-refractivity contribution < 1.29 is 4.74 Å². The van der Waals surface area contributed by atoms with Crippen LogP contribution in [0.1, 0.15) is 46.0 Å². The van der Waals surface area contributed by atoms with Crippen LogP contribution in [0.2, 0.25) is 0 Å². The van der Waals surface area contributed by atoms with Gasteiger partial charge in [-0.15, -0.1) is 0 Å². The minimum atomic E-state index is 0.526. The van der Waals surface area contributed by atoms with Crippen LogP contribution in [0.15, 0.2) is 0 Å². The van der Waals surface area contributed by atoms with Gasteiger partial charge in [0, 0.05) is 18.7 Å². The second-order valence-electron chi connectivity index (χ2n) is 6.80. The summed E-state index contributed by atoms with van der Waals surface area (Å²) in [5, 5.41) is 3.91. The van der Waals surface area contributed by atoms with Crippen LogP contribution < -0.4 is 5.32 Å². The molecule has 3 aliphatic rings. The lowest BCUT2D eigenvalue weighted by molar-refractivity contribution is 0.0748. The highest BCUT2D eigenvalue weighted by atomic mass is 16.5. The predicted molar refractivity (Wildman–Crippen MR) is 78.3 cm³/mol. The third kappa shape index (κ3) is 3.32. The molecule has 3 nitrogen and oxygen atoms in total. The van der Waals surface area contributed by atoms with Crippen LogP contribution in [0.4, 0.5) is 0 Å². The molecule has 1 saturated carbocycles. The van der Waals surface area contributed by atoms with Gasteiger partial charge in [0.25, 0.3) is 0 Å². The third-order valence-corrected chi connectivity index (χ3v) is 5.49. The Kier molecular flexibility index (Phi) is 4.45. The second-order valence-corrected chi connectivity index (χ2v) is 6.80. The molecule has 110 valence electrons. The van der Waals surface area contributed by atoms with E-state index < -0.39 is 0 Å². The molecule has 19 heavy (non-hydrogen) atoms. The first-order valence-corrected chi connectivity index (χ1v) is 8.38. The van der Waals surface area contributed by atoms with Crippen molar-refractivity contribution in [3.05, 3.63) is 0 Å². The highest BCUT2D eigenvalue weighted by Crippen LogP contribution is 2.39. The lowest BCUT2D eigenvalue weighted by Gasteiger charge is -2.36. The molecule has 0 aromatic rings. The van der Waals surface area contributed by atoms with Gasteiger partial charge in [-0.25, -0.2) is 0 Å². The molecule has 2 saturated heterocycles. The van der Waals surface area contributed by atoms with Crippen molar-refractivity contribution in [3.63, 3.8) is 0 Å². The fourth-order valence-corrected chi connectivity index (χ4v) is 3.92. The van der Waals surface area contributed by atoms with Crippen molar-refractivity contribution in [2.75, 3.05) is 26.2 Å². The number of ether oxygens (including phenoxy) is 1. The molecular weight excluding hydrogens is 236 g/mol. The fraction of sp³-hybridized carbons (Fsp3) is 1.00. The molecule has 2 heterocycles. The molecule has 3 fully saturated rings. The maximum atomic E-state index is 5.94. The molecule has 1 N–H and O–H groups in total. The minimum absolute atomic E-state index is 0.526. The molecule has 0 aromatic heterocycles. The lowest BCUT2D eigenvalue weighted by atomic mass is 9.89. The highest BCUT2D eigenvalue weighted by Gasteiger charge is 2.41. The van der Waals surface area contributed by atoms with E-state index >= 15 is 0 Å². The van der Waals surface area contributed by atoms with Gasteiger partial charge in [0.1, 0.15) is 0 Å². The molecule has 3 rings (SSSR count). The third-order valence-electron chi connectivity index (χ3n) is 5.49. The summed E-state index contributed by atoms with van der Waals surface area (Å²) in [7, 11) is 0. The van der Waals surface area contributed by atoms with Crippen LogP contribution in [0.25, 0.3) is 0 Å². The van der Waals surface area contributed by atoms with E-state index in [1.165, 1.54) is 51.7 Å². The van der Waals surface area contributed by atoms with Crippen LogP contribution in [-0.4, -0.2) is 49.3 Å². The molecule has 1 aliphatic carbocycles. The van der Waals surface area contributed by atoms with Gasteiger partial charge in [-0.3, -0.25) is 0 Å². The topological polar surface area (TPSA) is 24.5 Å². The Balaban J connectivity index is 1.46. The van der Waals surface area contributed by atoms with Gasteiger partial charge in [0.15, 0.2) is 0 Å². The van der Waals surface area contributed by atoms with Crippen LogP contribution in [0, 0.1) is 11.8 Å². The van der Waals surface area contributed by atoms with Crippen molar-refractivity contribution in [1.82, 2.24) is 10.2 Å². The van der Waals surface area contributed by atoms with E-state index in [4.69, 9.17) is 4.74 Å². The van der Waals surface area contributed by atoms with E-state index in [1.807, 2.05) is 0 Å². The van der Waals surface area contributed by atoms with Crippen molar-refractivity contribution in [3.8, 4) is 0 Å². The zero-order valence-electron chi connectivity index (χ0n) is 12.6. The van der Waals surface area contributed by atoms with Gasteiger partial charge in [-0.1, -0.05) is 6.92 Å². The first kappa shape index (κ1) is 13.8. The Bertz CT molecular complexity index is 284. The summed E-state index contributed by atoms with van der Waals surface area (Å²) in [4.78, 5) is 2.58. The largest absolute Gasteiger partial charge is 0.376 e. The summed E-state index contributed by atoms with van der Waals surface area (Å²) >= 11 is 0. The first-order chi connectivity index (χ1) is 9.28. The van der Waals surface area contributed by atoms with Crippen LogP contribution in [-0.2, 0) is 4.74 Å². The maximum absolute atomic E-state index is 5.94. The van der Waals surface area contributed by atoms with Crippen LogP contribution in [0.3, 0.4) is 0 Å². The fourth-order valence-electron chi connectivity index (χ4n) is 3.92. The van der Waals surface area contributed by atoms with E-state index in [2.05, 4.69) is 24.1 Å². The summed E-state index contributed by atoms with van der Waals surface area (Å²) in [6, 6.07) is 1.29. The van der Waals surface area contributed by atoms with E-state index in [1.54, 1.807) is 0 Å². The number of nitrogens with zero attached hydrogens (tertiary/aromatic N) is 1. The SMILES string of the molecule is CCN1CCC(C(C)NC2CCOC2C2CC2)CC1. The number of nitrogens with one attached hydrogen (secondary N) is 1. The summed E-state index contributed by atoms with van der Waals surface area (Å²) in [6.07, 6.45) is 7.27. The van der Waals surface area contributed by atoms with Crippen molar-refractivity contribution in [1.29, 1.82) is 0 Å². The number of likely N-dealkylation sites (tertiary alicyclic amines) is 1. The predicted octanol–water partition coefficient (Wildman–Crippen LogP) is 2.26. The molecule has 3 heteroatoms. The number of rotatable bonds is 5. The zero-order chi connectivity index (χ0) is 13.2. The van der Waals surface area contributed by atoms with E-state index in [-0.39, 0.29) is 0 Å². The average molecular weight is 266 g/mol.